The van der Waals surface area contributed by atoms with Gasteiger partial charge in [0.15, 0.2) is 0 Å². The number of H-pyrrole nitrogens is 1. The van der Waals surface area contributed by atoms with Crippen LogP contribution >= 0.6 is 0 Å². The van der Waals surface area contributed by atoms with Crippen molar-refractivity contribution in [3.8, 4) is 17.3 Å². The van der Waals surface area contributed by atoms with E-state index in [0.29, 0.717) is 0 Å². The highest BCUT2D eigenvalue weighted by atomic mass is 19.4. The number of alkyl halides is 3. The van der Waals surface area contributed by atoms with Gasteiger partial charge in [0.2, 0.25) is 5.95 Å². The molecule has 27 heavy (non-hydrogen) atoms. The molecule has 0 radical (unpaired) electrons. The van der Waals surface area contributed by atoms with Crippen LogP contribution in [0.1, 0.15) is 11.1 Å². The molecular weight excluding hydrogens is 365 g/mol. The number of hydrogen-bond donors (Lipinski definition) is 4. The summed E-state index contributed by atoms with van der Waals surface area (Å²) in [4.78, 5) is 14.6. The fourth-order valence-electron chi connectivity index (χ4n) is 2.38. The standard InChI is InChI=1S/C16H13F3N6O2/c17-16(18,19)9-1-11-12(6-22-14(11)21-4-9)13-8(2-20)3-23-15(25-13)24-5-10(27)7-26/h1,3-4,6,10,26-27H,5,7H2,(H,21,22)(H,23,24,25). The number of aromatic amines is 1. The summed E-state index contributed by atoms with van der Waals surface area (Å²) >= 11 is 0. The third-order valence-corrected chi connectivity index (χ3v) is 3.73. The molecule has 3 heterocycles. The van der Waals surface area contributed by atoms with E-state index in [0.717, 1.165) is 12.3 Å². The first-order valence-electron chi connectivity index (χ1n) is 7.68. The highest BCUT2D eigenvalue weighted by Gasteiger charge is 2.31. The van der Waals surface area contributed by atoms with Gasteiger partial charge in [0.05, 0.1) is 35.7 Å². The Bertz CT molecular complexity index is 1010. The Morgan fingerprint density at radius 1 is 1.30 bits per heavy atom. The fourth-order valence-corrected chi connectivity index (χ4v) is 2.38. The number of anilines is 1. The molecule has 1 unspecified atom stereocenters. The molecule has 0 saturated heterocycles. The molecule has 4 N–H and O–H groups in total. The topological polar surface area (TPSA) is 131 Å². The first kappa shape index (κ1) is 18.6. The van der Waals surface area contributed by atoms with E-state index in [1.165, 1.54) is 12.4 Å². The second-order valence-corrected chi connectivity index (χ2v) is 5.61. The second kappa shape index (κ2) is 7.18. The monoisotopic (exact) mass is 378 g/mol. The minimum absolute atomic E-state index is 0.0461. The van der Waals surface area contributed by atoms with E-state index in [1.54, 1.807) is 0 Å². The van der Waals surface area contributed by atoms with E-state index in [2.05, 4.69) is 25.3 Å². The number of hydrogen-bond acceptors (Lipinski definition) is 7. The van der Waals surface area contributed by atoms with Gasteiger partial charge >= 0.3 is 6.18 Å². The summed E-state index contributed by atoms with van der Waals surface area (Å²) in [5.74, 6) is 0.0470. The van der Waals surface area contributed by atoms with Crippen LogP contribution in [0.2, 0.25) is 0 Å². The second-order valence-electron chi connectivity index (χ2n) is 5.61. The lowest BCUT2D eigenvalue weighted by atomic mass is 10.1. The first-order valence-corrected chi connectivity index (χ1v) is 7.68. The van der Waals surface area contributed by atoms with Gasteiger partial charge in [-0.05, 0) is 6.07 Å². The zero-order chi connectivity index (χ0) is 19.6. The van der Waals surface area contributed by atoms with Gasteiger partial charge in [-0.25, -0.2) is 15.0 Å². The number of halogens is 3. The third-order valence-electron chi connectivity index (χ3n) is 3.73. The number of pyridine rings is 1. The van der Waals surface area contributed by atoms with Crippen LogP contribution in [0.15, 0.2) is 24.7 Å². The Kier molecular flexibility index (Phi) is 4.93. The summed E-state index contributed by atoms with van der Waals surface area (Å²) in [6.07, 6.45) is -2.26. The maximum atomic E-state index is 13.0. The normalized spacial score (nSPS) is 12.7. The molecule has 3 rings (SSSR count). The van der Waals surface area contributed by atoms with Crippen molar-refractivity contribution in [3.63, 3.8) is 0 Å². The molecule has 0 saturated carbocycles. The number of aromatic nitrogens is 4. The predicted molar refractivity (Wildman–Crippen MR) is 88.4 cm³/mol. The first-order chi connectivity index (χ1) is 12.8. The molecule has 1 atom stereocenters. The molecule has 3 aromatic rings. The zero-order valence-corrected chi connectivity index (χ0v) is 13.6. The van der Waals surface area contributed by atoms with Crippen molar-refractivity contribution in [2.24, 2.45) is 0 Å². The molecule has 3 aromatic heterocycles. The van der Waals surface area contributed by atoms with E-state index in [1.807, 2.05) is 6.07 Å². The van der Waals surface area contributed by atoms with Gasteiger partial charge < -0.3 is 20.5 Å². The lowest BCUT2D eigenvalue weighted by molar-refractivity contribution is -0.137. The number of rotatable bonds is 5. The van der Waals surface area contributed by atoms with Gasteiger partial charge in [0.1, 0.15) is 11.7 Å². The number of nitrogens with zero attached hydrogens (tertiary/aromatic N) is 4. The average Bonchev–Trinajstić information content (AvgIpc) is 3.08. The molecular formula is C16H13F3N6O2. The molecule has 0 aliphatic carbocycles. The summed E-state index contributed by atoms with van der Waals surface area (Å²) in [6, 6.07) is 2.83. The minimum atomic E-state index is -4.56. The maximum absolute atomic E-state index is 13.0. The van der Waals surface area contributed by atoms with Crippen molar-refractivity contribution in [1.29, 1.82) is 5.26 Å². The Labute approximate surface area is 150 Å². The maximum Gasteiger partial charge on any atom is 0.417 e. The summed E-state index contributed by atoms with van der Waals surface area (Å²) in [5.41, 5.74) is -0.283. The summed E-state index contributed by atoms with van der Waals surface area (Å²) in [5, 5.41) is 30.3. The Balaban J connectivity index is 2.08. The molecule has 0 fully saturated rings. The smallest absolute Gasteiger partial charge is 0.394 e. The minimum Gasteiger partial charge on any atom is -0.394 e. The number of fused-ring (bicyclic) bond motifs is 1. The number of aliphatic hydroxyl groups is 2. The van der Waals surface area contributed by atoms with Crippen LogP contribution in [-0.4, -0.2) is 49.4 Å². The van der Waals surface area contributed by atoms with Crippen molar-refractivity contribution in [2.75, 3.05) is 18.5 Å². The quantitative estimate of drug-likeness (QED) is 0.531. The molecule has 0 aliphatic rings. The van der Waals surface area contributed by atoms with Crippen LogP contribution in [0.25, 0.3) is 22.3 Å². The van der Waals surface area contributed by atoms with Gasteiger partial charge in [-0.2, -0.15) is 18.4 Å². The van der Waals surface area contributed by atoms with E-state index in [9.17, 15) is 23.5 Å². The van der Waals surface area contributed by atoms with Crippen molar-refractivity contribution in [1.82, 2.24) is 19.9 Å². The number of aliphatic hydroxyl groups excluding tert-OH is 2. The van der Waals surface area contributed by atoms with Crippen molar-refractivity contribution in [3.05, 3.63) is 35.8 Å². The highest BCUT2D eigenvalue weighted by Crippen LogP contribution is 2.34. The highest BCUT2D eigenvalue weighted by molar-refractivity contribution is 5.94. The summed E-state index contributed by atoms with van der Waals surface area (Å²) in [7, 11) is 0. The summed E-state index contributed by atoms with van der Waals surface area (Å²) < 4.78 is 39.0. The van der Waals surface area contributed by atoms with Gasteiger partial charge in [-0.1, -0.05) is 0 Å². The SMILES string of the molecule is N#Cc1cnc(NCC(O)CO)nc1-c1c[nH]c2ncc(C(F)(F)F)cc12. The van der Waals surface area contributed by atoms with Gasteiger partial charge in [0.25, 0.3) is 0 Å². The van der Waals surface area contributed by atoms with Crippen LogP contribution in [0.3, 0.4) is 0 Å². The van der Waals surface area contributed by atoms with Crippen molar-refractivity contribution < 1.29 is 23.4 Å². The fraction of sp³-hybridized carbons (Fsp3) is 0.250. The molecule has 0 spiro atoms. The Morgan fingerprint density at radius 3 is 2.74 bits per heavy atom. The average molecular weight is 378 g/mol. The third kappa shape index (κ3) is 3.81. The van der Waals surface area contributed by atoms with Gasteiger partial charge in [0, 0.05) is 29.9 Å². The van der Waals surface area contributed by atoms with E-state index in [4.69, 9.17) is 5.11 Å². The van der Waals surface area contributed by atoms with E-state index in [-0.39, 0.29) is 40.3 Å². The van der Waals surface area contributed by atoms with Crippen molar-refractivity contribution >= 4 is 17.0 Å². The predicted octanol–water partition coefficient (Wildman–Crippen LogP) is 1.68. The molecule has 140 valence electrons. The van der Waals surface area contributed by atoms with Crippen LogP contribution < -0.4 is 5.32 Å². The number of nitrogens with one attached hydrogen (secondary N) is 2. The summed E-state index contributed by atoms with van der Waals surface area (Å²) in [6.45, 7) is -0.514. The molecule has 0 bridgehead atoms. The molecule has 0 aliphatic heterocycles. The Hall–Kier alpha value is -3.23. The molecule has 0 aromatic carbocycles. The Morgan fingerprint density at radius 2 is 2.07 bits per heavy atom. The van der Waals surface area contributed by atoms with Crippen LogP contribution in [0.4, 0.5) is 19.1 Å². The lowest BCUT2D eigenvalue weighted by Gasteiger charge is -2.10. The van der Waals surface area contributed by atoms with Crippen LogP contribution in [0.5, 0.6) is 0 Å². The van der Waals surface area contributed by atoms with Gasteiger partial charge in [-0.3, -0.25) is 0 Å². The van der Waals surface area contributed by atoms with E-state index < -0.39 is 24.5 Å². The molecule has 11 heteroatoms. The van der Waals surface area contributed by atoms with Crippen LogP contribution in [0, 0.1) is 11.3 Å². The van der Waals surface area contributed by atoms with Crippen LogP contribution in [-0.2, 0) is 6.18 Å². The molecule has 8 nitrogen and oxygen atoms in total. The van der Waals surface area contributed by atoms with E-state index >= 15 is 0 Å². The van der Waals surface area contributed by atoms with Gasteiger partial charge in [-0.15, -0.1) is 0 Å². The lowest BCUT2D eigenvalue weighted by Crippen LogP contribution is -2.23. The zero-order valence-electron chi connectivity index (χ0n) is 13.6. The molecule has 0 amide bonds. The largest absolute Gasteiger partial charge is 0.417 e. The number of nitriles is 1. The van der Waals surface area contributed by atoms with Crippen molar-refractivity contribution in [2.45, 2.75) is 12.3 Å².